The van der Waals surface area contributed by atoms with E-state index in [-0.39, 0.29) is 5.41 Å². The second-order valence-electron chi connectivity index (χ2n) is 7.50. The van der Waals surface area contributed by atoms with Gasteiger partial charge in [-0.3, -0.25) is 0 Å². The van der Waals surface area contributed by atoms with Gasteiger partial charge >= 0.3 is 0 Å². The lowest BCUT2D eigenvalue weighted by Gasteiger charge is -2.54. The number of aliphatic hydroxyl groups excluding tert-OH is 1. The third-order valence-corrected chi connectivity index (χ3v) is 6.23. The van der Waals surface area contributed by atoms with E-state index in [9.17, 15) is 5.11 Å². The third-order valence-electron chi connectivity index (χ3n) is 6.23. The van der Waals surface area contributed by atoms with E-state index < -0.39 is 0 Å². The van der Waals surface area contributed by atoms with Crippen molar-refractivity contribution in [2.45, 2.75) is 51.0 Å². The molecule has 0 radical (unpaired) electrons. The molecule has 2 N–H and O–H groups in total. The predicted octanol–water partition coefficient (Wildman–Crippen LogP) is 2.17. The summed E-state index contributed by atoms with van der Waals surface area (Å²) in [5.41, 5.74) is 0.286. The lowest BCUT2D eigenvalue weighted by molar-refractivity contribution is -0.0161. The van der Waals surface area contributed by atoms with Crippen molar-refractivity contribution in [1.82, 2.24) is 5.32 Å². The number of hydrogen-bond donors (Lipinski definition) is 2. The van der Waals surface area contributed by atoms with E-state index >= 15 is 0 Å². The van der Waals surface area contributed by atoms with E-state index in [0.717, 1.165) is 36.3 Å². The number of rotatable bonds is 4. The van der Waals surface area contributed by atoms with E-state index in [0.29, 0.717) is 6.61 Å². The molecule has 0 saturated heterocycles. The number of aliphatic hydroxyl groups is 1. The Balaban J connectivity index is 1.41. The predicted molar refractivity (Wildman–Crippen MR) is 67.6 cm³/mol. The van der Waals surface area contributed by atoms with Crippen LogP contribution in [0.3, 0.4) is 0 Å². The Kier molecular flexibility index (Phi) is 2.36. The van der Waals surface area contributed by atoms with Gasteiger partial charge in [-0.05, 0) is 68.6 Å². The quantitative estimate of drug-likeness (QED) is 0.783. The van der Waals surface area contributed by atoms with Crippen LogP contribution in [0.4, 0.5) is 0 Å². The van der Waals surface area contributed by atoms with Gasteiger partial charge in [-0.1, -0.05) is 0 Å². The summed E-state index contributed by atoms with van der Waals surface area (Å²) < 4.78 is 0. The normalized spacial score (nSPS) is 49.6. The highest BCUT2D eigenvalue weighted by atomic mass is 16.3. The fourth-order valence-corrected chi connectivity index (χ4v) is 5.16. The molecule has 0 aromatic carbocycles. The largest absolute Gasteiger partial charge is 0.396 e. The summed E-state index contributed by atoms with van der Waals surface area (Å²) in [6, 6.07) is 0.798. The molecule has 2 heteroatoms. The van der Waals surface area contributed by atoms with Crippen LogP contribution in [0.1, 0.15) is 44.9 Å². The molecular formula is C15H25NO. The molecule has 0 aromatic rings. The minimum absolute atomic E-state index is 0.286. The van der Waals surface area contributed by atoms with E-state index in [1.807, 2.05) is 0 Å². The smallest absolute Gasteiger partial charge is 0.0499 e. The van der Waals surface area contributed by atoms with Crippen LogP contribution < -0.4 is 5.32 Å². The van der Waals surface area contributed by atoms with Crippen LogP contribution in [0.15, 0.2) is 0 Å². The Bertz CT molecular complexity index is 282. The van der Waals surface area contributed by atoms with Gasteiger partial charge in [0.25, 0.3) is 0 Å². The average molecular weight is 235 g/mol. The lowest BCUT2D eigenvalue weighted by atomic mass is 9.54. The van der Waals surface area contributed by atoms with Gasteiger partial charge in [-0.2, -0.15) is 0 Å². The molecule has 5 fully saturated rings. The van der Waals surface area contributed by atoms with Crippen molar-refractivity contribution >= 4 is 0 Å². The van der Waals surface area contributed by atoms with Gasteiger partial charge in [0, 0.05) is 24.6 Å². The molecule has 0 aliphatic heterocycles. The minimum Gasteiger partial charge on any atom is -0.396 e. The Morgan fingerprint density at radius 3 is 2.00 bits per heavy atom. The van der Waals surface area contributed by atoms with Gasteiger partial charge < -0.3 is 10.4 Å². The average Bonchev–Trinajstić information content (AvgIpc) is 3.08. The van der Waals surface area contributed by atoms with Crippen molar-refractivity contribution < 1.29 is 5.11 Å². The maximum Gasteiger partial charge on any atom is 0.0499 e. The molecule has 5 aliphatic rings. The first-order valence-corrected chi connectivity index (χ1v) is 7.62. The zero-order valence-corrected chi connectivity index (χ0v) is 10.7. The van der Waals surface area contributed by atoms with Crippen molar-refractivity contribution in [2.24, 2.45) is 29.1 Å². The van der Waals surface area contributed by atoms with Crippen LogP contribution in [-0.2, 0) is 0 Å². The second-order valence-corrected chi connectivity index (χ2v) is 7.50. The molecule has 0 atom stereocenters. The maximum atomic E-state index is 9.40. The van der Waals surface area contributed by atoms with Crippen LogP contribution in [0.5, 0.6) is 0 Å². The van der Waals surface area contributed by atoms with Gasteiger partial charge in [-0.25, -0.2) is 0 Å². The number of hydrogen-bond acceptors (Lipinski definition) is 2. The van der Waals surface area contributed by atoms with Gasteiger partial charge in [0.2, 0.25) is 0 Å². The first-order valence-electron chi connectivity index (χ1n) is 7.62. The first kappa shape index (κ1) is 10.8. The minimum atomic E-state index is 0.286. The van der Waals surface area contributed by atoms with E-state index in [1.54, 1.807) is 6.42 Å². The molecule has 0 heterocycles. The highest BCUT2D eigenvalue weighted by Crippen LogP contribution is 2.54. The highest BCUT2D eigenvalue weighted by Gasteiger charge is 2.49. The summed E-state index contributed by atoms with van der Waals surface area (Å²) >= 11 is 0. The molecule has 0 spiro atoms. The van der Waals surface area contributed by atoms with Crippen LogP contribution in [0.2, 0.25) is 0 Å². The Morgan fingerprint density at radius 1 is 0.941 bits per heavy atom. The zero-order valence-electron chi connectivity index (χ0n) is 10.7. The molecular weight excluding hydrogens is 210 g/mol. The van der Waals surface area contributed by atoms with Crippen molar-refractivity contribution in [3.63, 3.8) is 0 Å². The standard InChI is InChI=1S/C15H25NO/c17-9-15(1-2-15)8-16-14-12-4-10-3-11(6-12)7-13(14)5-10/h10-14,16-17H,1-9H2. The van der Waals surface area contributed by atoms with Crippen LogP contribution in [0, 0.1) is 29.1 Å². The van der Waals surface area contributed by atoms with Gasteiger partial charge in [0.15, 0.2) is 0 Å². The van der Waals surface area contributed by atoms with Crippen molar-refractivity contribution in [3.8, 4) is 0 Å². The molecule has 0 amide bonds. The van der Waals surface area contributed by atoms with Crippen LogP contribution in [-0.4, -0.2) is 24.3 Å². The number of nitrogens with one attached hydrogen (secondary N) is 1. The van der Waals surface area contributed by atoms with E-state index in [1.165, 1.54) is 38.5 Å². The Morgan fingerprint density at radius 2 is 1.53 bits per heavy atom. The summed E-state index contributed by atoms with van der Waals surface area (Å²) in [5.74, 6) is 4.09. The molecule has 0 unspecified atom stereocenters. The van der Waals surface area contributed by atoms with E-state index in [4.69, 9.17) is 0 Å². The molecule has 2 nitrogen and oxygen atoms in total. The Hall–Kier alpha value is -0.0800. The second kappa shape index (κ2) is 3.71. The summed E-state index contributed by atoms with van der Waals surface area (Å²) in [5, 5.41) is 13.3. The topological polar surface area (TPSA) is 32.3 Å². The van der Waals surface area contributed by atoms with Crippen LogP contribution >= 0.6 is 0 Å². The maximum absolute atomic E-state index is 9.40. The summed E-state index contributed by atoms with van der Waals surface area (Å²) in [6.07, 6.45) is 10.0. The highest BCUT2D eigenvalue weighted by molar-refractivity contribution is 5.03. The zero-order chi connectivity index (χ0) is 11.5. The molecule has 5 aliphatic carbocycles. The van der Waals surface area contributed by atoms with Gasteiger partial charge in [0.05, 0.1) is 0 Å². The van der Waals surface area contributed by atoms with Gasteiger partial charge in [0.1, 0.15) is 0 Å². The lowest BCUT2D eigenvalue weighted by Crippen LogP contribution is -2.55. The van der Waals surface area contributed by atoms with Gasteiger partial charge in [-0.15, -0.1) is 0 Å². The monoisotopic (exact) mass is 235 g/mol. The molecule has 96 valence electrons. The van der Waals surface area contributed by atoms with Crippen molar-refractivity contribution in [3.05, 3.63) is 0 Å². The summed E-state index contributed by atoms with van der Waals surface area (Å²) in [6.45, 7) is 1.48. The molecule has 4 bridgehead atoms. The Labute approximate surface area is 104 Å². The van der Waals surface area contributed by atoms with E-state index in [2.05, 4.69) is 5.32 Å². The molecule has 5 rings (SSSR count). The summed E-state index contributed by atoms with van der Waals surface area (Å²) in [4.78, 5) is 0. The fraction of sp³-hybridized carbons (Fsp3) is 1.00. The SMILES string of the molecule is OCC1(CNC2C3CC4CC(C3)CC2C4)CC1. The first-order chi connectivity index (χ1) is 8.28. The summed E-state index contributed by atoms with van der Waals surface area (Å²) in [7, 11) is 0. The fourth-order valence-electron chi connectivity index (χ4n) is 5.16. The van der Waals surface area contributed by atoms with Crippen molar-refractivity contribution in [2.75, 3.05) is 13.2 Å². The molecule has 0 aromatic heterocycles. The van der Waals surface area contributed by atoms with Crippen molar-refractivity contribution in [1.29, 1.82) is 0 Å². The molecule has 5 saturated carbocycles. The van der Waals surface area contributed by atoms with Crippen LogP contribution in [0.25, 0.3) is 0 Å². The third kappa shape index (κ3) is 1.76. The molecule has 17 heavy (non-hydrogen) atoms.